The van der Waals surface area contributed by atoms with Gasteiger partial charge in [0.25, 0.3) is 0 Å². The first-order chi connectivity index (χ1) is 14.2. The molecule has 0 aliphatic carbocycles. The minimum Gasteiger partial charge on any atom is -0.399 e. The highest BCUT2D eigenvalue weighted by atomic mass is 32.2. The summed E-state index contributed by atoms with van der Waals surface area (Å²) in [6, 6.07) is 17.1. The van der Waals surface area contributed by atoms with Gasteiger partial charge >= 0.3 is 0 Å². The zero-order valence-electron chi connectivity index (χ0n) is 17.5. The van der Waals surface area contributed by atoms with E-state index in [-0.39, 0.29) is 9.79 Å². The largest absolute Gasteiger partial charge is 0.399 e. The molecule has 30 heavy (non-hydrogen) atoms. The summed E-state index contributed by atoms with van der Waals surface area (Å²) < 4.78 is 25.8. The van der Waals surface area contributed by atoms with Crippen molar-refractivity contribution in [3.63, 3.8) is 0 Å². The van der Waals surface area contributed by atoms with Gasteiger partial charge in [-0.2, -0.15) is 0 Å². The first kappa shape index (κ1) is 21.9. The van der Waals surface area contributed by atoms with E-state index in [0.717, 1.165) is 5.56 Å². The molecular weight excluding hydrogens is 396 g/mol. The number of nitrogens with one attached hydrogen (secondary N) is 1. The van der Waals surface area contributed by atoms with Gasteiger partial charge in [0.15, 0.2) is 0 Å². The second-order valence-corrected chi connectivity index (χ2v) is 9.67. The molecule has 0 fully saturated rings. The Kier molecular flexibility index (Phi) is 6.48. The van der Waals surface area contributed by atoms with E-state index in [9.17, 15) is 13.5 Å². The van der Waals surface area contributed by atoms with Crippen LogP contribution in [0.25, 0.3) is 0 Å². The van der Waals surface area contributed by atoms with Crippen LogP contribution < -0.4 is 11.1 Å². The molecule has 0 saturated carbocycles. The van der Waals surface area contributed by atoms with Crippen LogP contribution in [0.4, 0.5) is 11.4 Å². The Hall–Kier alpha value is -2.83. The minimum absolute atomic E-state index is 0.157. The van der Waals surface area contributed by atoms with Gasteiger partial charge in [0, 0.05) is 24.3 Å². The van der Waals surface area contributed by atoms with Crippen LogP contribution in [0, 0.1) is 20.8 Å². The number of aryl methyl sites for hydroxylation is 3. The number of benzene rings is 3. The van der Waals surface area contributed by atoms with Gasteiger partial charge in [-0.1, -0.05) is 29.8 Å². The lowest BCUT2D eigenvalue weighted by atomic mass is 9.95. The first-order valence-electron chi connectivity index (χ1n) is 9.86. The van der Waals surface area contributed by atoms with Crippen molar-refractivity contribution in [1.29, 1.82) is 0 Å². The second-order valence-electron chi connectivity index (χ2n) is 7.72. The third kappa shape index (κ3) is 5.01. The van der Waals surface area contributed by atoms with E-state index in [4.69, 9.17) is 5.73 Å². The standard InChI is InChI=1S/C24H28N2O3S/c1-16-10-17(2)24(18(3)11-16)14-21(27)15-26-20-7-5-9-23(13-20)30(28,29)22-8-4-6-19(25)12-22/h4-13,21,26-27H,14-15,25H2,1-3H3. The average molecular weight is 425 g/mol. The van der Waals surface area contributed by atoms with Crippen LogP contribution in [-0.2, 0) is 16.3 Å². The van der Waals surface area contributed by atoms with Gasteiger partial charge in [-0.25, -0.2) is 8.42 Å². The highest BCUT2D eigenvalue weighted by Gasteiger charge is 2.18. The van der Waals surface area contributed by atoms with Crippen molar-refractivity contribution in [3.8, 4) is 0 Å². The van der Waals surface area contributed by atoms with Gasteiger partial charge in [-0.15, -0.1) is 0 Å². The predicted octanol–water partition coefficient (Wildman–Crippen LogP) is 4.04. The lowest BCUT2D eigenvalue weighted by molar-refractivity contribution is 0.187. The Bertz CT molecular complexity index is 1130. The number of aliphatic hydroxyl groups is 1. The molecule has 0 aromatic heterocycles. The molecule has 0 heterocycles. The van der Waals surface area contributed by atoms with Crippen LogP contribution in [0.2, 0.25) is 0 Å². The molecule has 0 radical (unpaired) electrons. The number of rotatable bonds is 7. The maximum absolute atomic E-state index is 12.9. The zero-order chi connectivity index (χ0) is 21.9. The third-order valence-corrected chi connectivity index (χ3v) is 6.88. The molecule has 5 nitrogen and oxygen atoms in total. The summed E-state index contributed by atoms with van der Waals surface area (Å²) in [5.74, 6) is 0. The lowest BCUT2D eigenvalue weighted by Gasteiger charge is -2.17. The fourth-order valence-corrected chi connectivity index (χ4v) is 5.03. The zero-order valence-corrected chi connectivity index (χ0v) is 18.3. The van der Waals surface area contributed by atoms with Gasteiger partial charge < -0.3 is 16.2 Å². The molecular formula is C24H28N2O3S. The molecule has 158 valence electrons. The van der Waals surface area contributed by atoms with E-state index in [1.165, 1.54) is 28.8 Å². The summed E-state index contributed by atoms with van der Waals surface area (Å²) in [6.45, 7) is 6.49. The van der Waals surface area contributed by atoms with Crippen molar-refractivity contribution in [2.75, 3.05) is 17.6 Å². The summed E-state index contributed by atoms with van der Waals surface area (Å²) in [5, 5.41) is 13.7. The Morgan fingerprint density at radius 2 is 1.53 bits per heavy atom. The molecule has 3 aromatic rings. The van der Waals surface area contributed by atoms with Crippen molar-refractivity contribution in [2.24, 2.45) is 0 Å². The molecule has 1 unspecified atom stereocenters. The van der Waals surface area contributed by atoms with Gasteiger partial charge in [-0.05, 0) is 73.9 Å². The van der Waals surface area contributed by atoms with Crippen molar-refractivity contribution in [1.82, 2.24) is 0 Å². The number of hydrogen-bond donors (Lipinski definition) is 3. The minimum atomic E-state index is -3.67. The van der Waals surface area contributed by atoms with Crippen molar-refractivity contribution in [2.45, 2.75) is 43.1 Å². The highest BCUT2D eigenvalue weighted by molar-refractivity contribution is 7.91. The second kappa shape index (κ2) is 8.90. The molecule has 0 aliphatic heterocycles. The van der Waals surface area contributed by atoms with E-state index in [0.29, 0.717) is 24.3 Å². The number of aliphatic hydroxyl groups excluding tert-OH is 1. The molecule has 0 saturated heterocycles. The van der Waals surface area contributed by atoms with Crippen molar-refractivity contribution >= 4 is 21.2 Å². The number of nitrogens with two attached hydrogens (primary N) is 1. The summed E-state index contributed by atoms with van der Waals surface area (Å²) in [5.41, 5.74) is 11.5. The molecule has 3 aromatic carbocycles. The van der Waals surface area contributed by atoms with Crippen LogP contribution in [0.15, 0.2) is 70.5 Å². The summed E-state index contributed by atoms with van der Waals surface area (Å²) in [7, 11) is -3.67. The number of nitrogen functional groups attached to an aromatic ring is 1. The number of sulfone groups is 1. The van der Waals surface area contributed by atoms with E-state index >= 15 is 0 Å². The van der Waals surface area contributed by atoms with Crippen molar-refractivity contribution < 1.29 is 13.5 Å². The summed E-state index contributed by atoms with van der Waals surface area (Å²) in [4.78, 5) is 0.336. The SMILES string of the molecule is Cc1cc(C)c(CC(O)CNc2cccc(S(=O)(=O)c3cccc(N)c3)c2)c(C)c1. The summed E-state index contributed by atoms with van der Waals surface area (Å²) >= 11 is 0. The smallest absolute Gasteiger partial charge is 0.206 e. The number of anilines is 2. The van der Waals surface area contributed by atoms with E-state index in [1.807, 2.05) is 0 Å². The predicted molar refractivity (Wildman–Crippen MR) is 122 cm³/mol. The molecule has 1 atom stereocenters. The fourth-order valence-electron chi connectivity index (χ4n) is 3.67. The van der Waals surface area contributed by atoms with Crippen LogP contribution in [0.3, 0.4) is 0 Å². The van der Waals surface area contributed by atoms with E-state index in [2.05, 4.69) is 38.2 Å². The Balaban J connectivity index is 1.72. The van der Waals surface area contributed by atoms with Gasteiger partial charge in [0.2, 0.25) is 9.84 Å². The Labute approximate surface area is 178 Å². The van der Waals surface area contributed by atoms with E-state index in [1.54, 1.807) is 36.4 Å². The first-order valence-corrected chi connectivity index (χ1v) is 11.3. The maximum Gasteiger partial charge on any atom is 0.206 e. The third-order valence-electron chi connectivity index (χ3n) is 5.13. The van der Waals surface area contributed by atoms with Crippen molar-refractivity contribution in [3.05, 3.63) is 82.9 Å². The molecule has 4 N–H and O–H groups in total. The van der Waals surface area contributed by atoms with Gasteiger partial charge in [0.1, 0.15) is 0 Å². The molecule has 0 spiro atoms. The highest BCUT2D eigenvalue weighted by Crippen LogP contribution is 2.25. The topological polar surface area (TPSA) is 92.4 Å². The molecule has 3 rings (SSSR count). The fraction of sp³-hybridized carbons (Fsp3) is 0.250. The molecule has 0 bridgehead atoms. The van der Waals surface area contributed by atoms with Crippen LogP contribution >= 0.6 is 0 Å². The molecule has 0 amide bonds. The quantitative estimate of drug-likeness (QED) is 0.498. The molecule has 0 aliphatic rings. The Morgan fingerprint density at radius 3 is 2.17 bits per heavy atom. The lowest BCUT2D eigenvalue weighted by Crippen LogP contribution is -2.23. The summed E-state index contributed by atoms with van der Waals surface area (Å²) in [6.07, 6.45) is -0.0639. The number of hydrogen-bond acceptors (Lipinski definition) is 5. The van der Waals surface area contributed by atoms with Crippen LogP contribution in [-0.4, -0.2) is 26.2 Å². The molecule has 6 heteroatoms. The van der Waals surface area contributed by atoms with Gasteiger partial charge in [0.05, 0.1) is 15.9 Å². The average Bonchev–Trinajstić information content (AvgIpc) is 2.69. The van der Waals surface area contributed by atoms with Gasteiger partial charge in [-0.3, -0.25) is 0 Å². The van der Waals surface area contributed by atoms with Crippen LogP contribution in [0.1, 0.15) is 22.3 Å². The maximum atomic E-state index is 12.9. The Morgan fingerprint density at radius 1 is 0.933 bits per heavy atom. The monoisotopic (exact) mass is 424 g/mol. The van der Waals surface area contributed by atoms with Crippen LogP contribution in [0.5, 0.6) is 0 Å². The van der Waals surface area contributed by atoms with E-state index < -0.39 is 15.9 Å². The normalized spacial score (nSPS) is 12.5.